The summed E-state index contributed by atoms with van der Waals surface area (Å²) in [7, 11) is 0. The van der Waals surface area contributed by atoms with E-state index in [4.69, 9.17) is 5.11 Å². The van der Waals surface area contributed by atoms with Crippen molar-refractivity contribution >= 4 is 11.8 Å². The average molecular weight is 206 g/mol. The van der Waals surface area contributed by atoms with Crippen LogP contribution in [0.15, 0.2) is 30.3 Å². The largest absolute Gasteiger partial charge is 0.481 e. The Morgan fingerprint density at radius 3 is 2.07 bits per heavy atom. The van der Waals surface area contributed by atoms with E-state index in [1.165, 1.54) is 0 Å². The molecule has 1 aromatic carbocycles. The molecule has 80 valence electrons. The monoisotopic (exact) mass is 206 g/mol. The van der Waals surface area contributed by atoms with Gasteiger partial charge in [0.15, 0.2) is 5.78 Å². The van der Waals surface area contributed by atoms with Crippen molar-refractivity contribution in [2.24, 2.45) is 11.8 Å². The topological polar surface area (TPSA) is 54.4 Å². The van der Waals surface area contributed by atoms with E-state index in [1.54, 1.807) is 38.1 Å². The highest BCUT2D eigenvalue weighted by Crippen LogP contribution is 2.17. The minimum Gasteiger partial charge on any atom is -0.481 e. The molecule has 1 aromatic rings. The second-order valence-electron chi connectivity index (χ2n) is 3.65. The van der Waals surface area contributed by atoms with E-state index in [2.05, 4.69) is 0 Å². The van der Waals surface area contributed by atoms with Gasteiger partial charge in [-0.25, -0.2) is 0 Å². The van der Waals surface area contributed by atoms with Gasteiger partial charge in [-0.2, -0.15) is 0 Å². The second-order valence-corrected chi connectivity index (χ2v) is 3.65. The Morgan fingerprint density at radius 1 is 1.07 bits per heavy atom. The number of rotatable bonds is 4. The highest BCUT2D eigenvalue weighted by atomic mass is 16.4. The van der Waals surface area contributed by atoms with Crippen molar-refractivity contribution in [3.63, 3.8) is 0 Å². The van der Waals surface area contributed by atoms with E-state index in [0.29, 0.717) is 5.56 Å². The molecule has 0 bridgehead atoms. The van der Waals surface area contributed by atoms with Gasteiger partial charge in [-0.1, -0.05) is 44.2 Å². The Labute approximate surface area is 88.7 Å². The van der Waals surface area contributed by atoms with Gasteiger partial charge < -0.3 is 5.11 Å². The Kier molecular flexibility index (Phi) is 3.61. The number of ketones is 1. The molecule has 0 spiro atoms. The summed E-state index contributed by atoms with van der Waals surface area (Å²) in [5, 5.41) is 8.80. The van der Waals surface area contributed by atoms with Gasteiger partial charge in [0.1, 0.15) is 0 Å². The third kappa shape index (κ3) is 2.65. The standard InChI is InChI=1S/C12H14O3/c1-8(9(2)12(14)15)11(13)10-6-4-3-5-7-10/h3-9H,1-2H3,(H,14,15)/t8-,9+/m1/s1. The van der Waals surface area contributed by atoms with Crippen LogP contribution in [-0.4, -0.2) is 16.9 Å². The number of benzene rings is 1. The van der Waals surface area contributed by atoms with Crippen LogP contribution in [0.1, 0.15) is 24.2 Å². The van der Waals surface area contributed by atoms with E-state index in [-0.39, 0.29) is 5.78 Å². The summed E-state index contributed by atoms with van der Waals surface area (Å²) in [5.74, 6) is -2.21. The molecule has 0 saturated carbocycles. The van der Waals surface area contributed by atoms with Crippen molar-refractivity contribution in [3.8, 4) is 0 Å². The fourth-order valence-corrected chi connectivity index (χ4v) is 1.31. The number of Topliss-reactive ketones (excluding diaryl/α,β-unsaturated/α-hetero) is 1. The highest BCUT2D eigenvalue weighted by molar-refractivity contribution is 5.99. The molecule has 0 aromatic heterocycles. The lowest BCUT2D eigenvalue weighted by Gasteiger charge is -2.14. The number of carboxylic acid groups (broad SMARTS) is 1. The Hall–Kier alpha value is -1.64. The normalized spacial score (nSPS) is 14.3. The molecular weight excluding hydrogens is 192 g/mol. The first kappa shape index (κ1) is 11.4. The van der Waals surface area contributed by atoms with Crippen LogP contribution in [-0.2, 0) is 4.79 Å². The molecule has 0 aliphatic rings. The molecule has 0 radical (unpaired) electrons. The Morgan fingerprint density at radius 2 is 1.60 bits per heavy atom. The molecule has 2 atom stereocenters. The molecule has 0 saturated heterocycles. The van der Waals surface area contributed by atoms with Gasteiger partial charge in [0.25, 0.3) is 0 Å². The summed E-state index contributed by atoms with van der Waals surface area (Å²) in [6.07, 6.45) is 0. The fourth-order valence-electron chi connectivity index (χ4n) is 1.31. The molecule has 0 aliphatic carbocycles. The maximum atomic E-state index is 11.8. The molecule has 3 heteroatoms. The highest BCUT2D eigenvalue weighted by Gasteiger charge is 2.26. The number of carboxylic acids is 1. The van der Waals surface area contributed by atoms with Gasteiger partial charge in [-0.3, -0.25) is 9.59 Å². The van der Waals surface area contributed by atoms with Crippen molar-refractivity contribution in [1.82, 2.24) is 0 Å². The van der Waals surface area contributed by atoms with Crippen LogP contribution < -0.4 is 0 Å². The molecule has 0 aliphatic heterocycles. The zero-order chi connectivity index (χ0) is 11.4. The van der Waals surface area contributed by atoms with E-state index in [9.17, 15) is 9.59 Å². The van der Waals surface area contributed by atoms with Gasteiger partial charge in [0, 0.05) is 11.5 Å². The summed E-state index contributed by atoms with van der Waals surface area (Å²) >= 11 is 0. The maximum absolute atomic E-state index is 11.8. The van der Waals surface area contributed by atoms with Crippen molar-refractivity contribution in [2.75, 3.05) is 0 Å². The van der Waals surface area contributed by atoms with Crippen molar-refractivity contribution in [3.05, 3.63) is 35.9 Å². The molecule has 0 fully saturated rings. The summed E-state index contributed by atoms with van der Waals surface area (Å²) < 4.78 is 0. The lowest BCUT2D eigenvalue weighted by molar-refractivity contribution is -0.142. The summed E-state index contributed by atoms with van der Waals surface area (Å²) in [6.45, 7) is 3.20. The molecule has 1 rings (SSSR count). The lowest BCUT2D eigenvalue weighted by atomic mass is 9.88. The van der Waals surface area contributed by atoms with Crippen LogP contribution in [0.2, 0.25) is 0 Å². The van der Waals surface area contributed by atoms with Crippen molar-refractivity contribution < 1.29 is 14.7 Å². The van der Waals surface area contributed by atoms with Crippen LogP contribution >= 0.6 is 0 Å². The molecule has 3 nitrogen and oxygen atoms in total. The SMILES string of the molecule is C[C@H](C(=O)O)[C@@H](C)C(=O)c1ccccc1. The number of carbonyl (C=O) groups is 2. The van der Waals surface area contributed by atoms with Crippen LogP contribution in [0.4, 0.5) is 0 Å². The maximum Gasteiger partial charge on any atom is 0.306 e. The summed E-state index contributed by atoms with van der Waals surface area (Å²) in [4.78, 5) is 22.6. The zero-order valence-corrected chi connectivity index (χ0v) is 8.81. The molecular formula is C12H14O3. The van der Waals surface area contributed by atoms with E-state index >= 15 is 0 Å². The minimum absolute atomic E-state index is 0.120. The summed E-state index contributed by atoms with van der Waals surface area (Å²) in [5.41, 5.74) is 0.568. The Balaban J connectivity index is 2.82. The zero-order valence-electron chi connectivity index (χ0n) is 8.81. The molecule has 0 amide bonds. The third-order valence-corrected chi connectivity index (χ3v) is 2.61. The van der Waals surface area contributed by atoms with Gasteiger partial charge in [0.05, 0.1) is 5.92 Å². The van der Waals surface area contributed by atoms with Gasteiger partial charge in [-0.05, 0) is 0 Å². The van der Waals surface area contributed by atoms with Crippen LogP contribution in [0.5, 0.6) is 0 Å². The van der Waals surface area contributed by atoms with E-state index in [0.717, 1.165) is 0 Å². The third-order valence-electron chi connectivity index (χ3n) is 2.61. The molecule has 0 unspecified atom stereocenters. The fraction of sp³-hybridized carbons (Fsp3) is 0.333. The number of hydrogen-bond acceptors (Lipinski definition) is 2. The first-order chi connectivity index (χ1) is 7.04. The molecule has 1 N–H and O–H groups in total. The predicted octanol–water partition coefficient (Wildman–Crippen LogP) is 2.23. The molecule has 15 heavy (non-hydrogen) atoms. The van der Waals surface area contributed by atoms with Crippen LogP contribution in [0, 0.1) is 11.8 Å². The number of carbonyl (C=O) groups excluding carboxylic acids is 1. The van der Waals surface area contributed by atoms with Crippen LogP contribution in [0.25, 0.3) is 0 Å². The van der Waals surface area contributed by atoms with Crippen molar-refractivity contribution in [1.29, 1.82) is 0 Å². The quantitative estimate of drug-likeness (QED) is 0.768. The first-order valence-electron chi connectivity index (χ1n) is 4.86. The van der Waals surface area contributed by atoms with Gasteiger partial charge >= 0.3 is 5.97 Å². The second kappa shape index (κ2) is 4.73. The smallest absolute Gasteiger partial charge is 0.306 e. The summed E-state index contributed by atoms with van der Waals surface area (Å²) in [6, 6.07) is 8.76. The first-order valence-corrected chi connectivity index (χ1v) is 4.86. The average Bonchev–Trinajstić information content (AvgIpc) is 2.27. The van der Waals surface area contributed by atoms with Crippen LogP contribution in [0.3, 0.4) is 0 Å². The predicted molar refractivity (Wildman–Crippen MR) is 56.7 cm³/mol. The van der Waals surface area contributed by atoms with E-state index in [1.807, 2.05) is 6.07 Å². The Bertz CT molecular complexity index is 356. The number of hydrogen-bond donors (Lipinski definition) is 1. The van der Waals surface area contributed by atoms with E-state index < -0.39 is 17.8 Å². The van der Waals surface area contributed by atoms with Gasteiger partial charge in [-0.15, -0.1) is 0 Å². The lowest BCUT2D eigenvalue weighted by Crippen LogP contribution is -2.25. The van der Waals surface area contributed by atoms with Crippen molar-refractivity contribution in [2.45, 2.75) is 13.8 Å². The molecule has 0 heterocycles. The minimum atomic E-state index is -0.938. The van der Waals surface area contributed by atoms with Gasteiger partial charge in [0.2, 0.25) is 0 Å². The number of aliphatic carboxylic acids is 1.